The molecular formula is C15H14F4N2O5. The van der Waals surface area contributed by atoms with E-state index in [0.29, 0.717) is 6.07 Å². The van der Waals surface area contributed by atoms with Gasteiger partial charge in [-0.3, -0.25) is 4.79 Å². The molecule has 0 aromatic heterocycles. The zero-order valence-corrected chi connectivity index (χ0v) is 13.4. The first kappa shape index (κ1) is 19.5. The van der Waals surface area contributed by atoms with Gasteiger partial charge in [0.1, 0.15) is 11.5 Å². The number of hydrogen-bond acceptors (Lipinski definition) is 6. The molecule has 0 saturated carbocycles. The molecular weight excluding hydrogens is 364 g/mol. The Morgan fingerprint density at radius 2 is 2.08 bits per heavy atom. The van der Waals surface area contributed by atoms with Gasteiger partial charge in [-0.25, -0.2) is 9.18 Å². The molecule has 0 radical (unpaired) electrons. The predicted octanol–water partition coefficient (Wildman–Crippen LogP) is 1.40. The van der Waals surface area contributed by atoms with Crippen molar-refractivity contribution in [2.45, 2.75) is 6.36 Å². The minimum absolute atomic E-state index is 0.112. The van der Waals surface area contributed by atoms with Crippen molar-refractivity contribution in [1.29, 1.82) is 0 Å². The number of halogens is 4. The number of aliphatic hydroxyl groups excluding tert-OH is 1. The Morgan fingerprint density at radius 1 is 1.38 bits per heavy atom. The van der Waals surface area contributed by atoms with Gasteiger partial charge in [0, 0.05) is 12.6 Å². The lowest BCUT2D eigenvalue weighted by atomic mass is 10.2. The molecule has 142 valence electrons. The van der Waals surface area contributed by atoms with Crippen molar-refractivity contribution >= 4 is 17.6 Å². The number of alkyl halides is 3. The lowest BCUT2D eigenvalue weighted by molar-refractivity contribution is -0.274. The molecule has 0 unspecified atom stereocenters. The van der Waals surface area contributed by atoms with Gasteiger partial charge >= 0.3 is 12.3 Å². The topological polar surface area (TPSA) is 88.1 Å². The summed E-state index contributed by atoms with van der Waals surface area (Å²) >= 11 is 0. The van der Waals surface area contributed by atoms with Crippen molar-refractivity contribution in [1.82, 2.24) is 4.90 Å². The summed E-state index contributed by atoms with van der Waals surface area (Å²) in [5.41, 5.74) is -1.06. The Balaban J connectivity index is 2.42. The van der Waals surface area contributed by atoms with E-state index >= 15 is 0 Å². The molecule has 1 aromatic rings. The van der Waals surface area contributed by atoms with Gasteiger partial charge < -0.3 is 24.8 Å². The van der Waals surface area contributed by atoms with E-state index in [1.807, 2.05) is 0 Å². The lowest BCUT2D eigenvalue weighted by Crippen LogP contribution is -2.31. The number of anilines is 1. The van der Waals surface area contributed by atoms with Crippen LogP contribution < -0.4 is 10.1 Å². The maximum atomic E-state index is 13.5. The SMILES string of the molecule is COC(=O)C1=C(Nc2cc(F)ccc2OC(F)(F)F)C(=O)N(CCO)C1. The van der Waals surface area contributed by atoms with Crippen LogP contribution in [-0.2, 0) is 14.3 Å². The van der Waals surface area contributed by atoms with Crippen molar-refractivity contribution in [2.75, 3.05) is 32.1 Å². The second-order valence-electron chi connectivity index (χ2n) is 5.11. The van der Waals surface area contributed by atoms with Crippen LogP contribution in [0.3, 0.4) is 0 Å². The largest absolute Gasteiger partial charge is 0.573 e. The van der Waals surface area contributed by atoms with Gasteiger partial charge in [0.25, 0.3) is 5.91 Å². The summed E-state index contributed by atoms with van der Waals surface area (Å²) in [5, 5.41) is 11.3. The summed E-state index contributed by atoms with van der Waals surface area (Å²) in [4.78, 5) is 25.3. The average Bonchev–Trinajstić information content (AvgIpc) is 2.85. The molecule has 1 heterocycles. The van der Waals surface area contributed by atoms with Crippen molar-refractivity contribution in [2.24, 2.45) is 0 Å². The quantitative estimate of drug-likeness (QED) is 0.575. The first-order valence-electron chi connectivity index (χ1n) is 7.20. The number of esters is 1. The first-order chi connectivity index (χ1) is 12.2. The van der Waals surface area contributed by atoms with E-state index in [-0.39, 0.29) is 24.4 Å². The summed E-state index contributed by atoms with van der Waals surface area (Å²) < 4.78 is 59.3. The van der Waals surface area contributed by atoms with E-state index in [9.17, 15) is 27.2 Å². The highest BCUT2D eigenvalue weighted by atomic mass is 19.4. The molecule has 0 aliphatic carbocycles. The normalized spacial score (nSPS) is 14.7. The third-order valence-electron chi connectivity index (χ3n) is 3.38. The van der Waals surface area contributed by atoms with E-state index in [1.54, 1.807) is 0 Å². The Bertz CT molecular complexity index is 748. The Kier molecular flexibility index (Phi) is 5.70. The first-order valence-corrected chi connectivity index (χ1v) is 7.20. The van der Waals surface area contributed by atoms with E-state index in [2.05, 4.69) is 14.8 Å². The number of methoxy groups -OCH3 is 1. The Morgan fingerprint density at radius 3 is 2.65 bits per heavy atom. The van der Waals surface area contributed by atoms with Crippen molar-refractivity contribution in [3.8, 4) is 5.75 Å². The monoisotopic (exact) mass is 378 g/mol. The molecule has 0 atom stereocenters. The van der Waals surface area contributed by atoms with Gasteiger partial charge in [-0.1, -0.05) is 0 Å². The van der Waals surface area contributed by atoms with Crippen molar-refractivity contribution < 1.29 is 41.7 Å². The minimum atomic E-state index is -5.05. The van der Waals surface area contributed by atoms with Gasteiger partial charge in [0.05, 0.1) is 31.5 Å². The number of hydrogen-bond donors (Lipinski definition) is 2. The molecule has 2 N–H and O–H groups in total. The molecule has 1 aromatic carbocycles. The number of carbonyl (C=O) groups excluding carboxylic acids is 2. The fourth-order valence-corrected chi connectivity index (χ4v) is 2.30. The van der Waals surface area contributed by atoms with Gasteiger partial charge in [0.15, 0.2) is 5.75 Å². The van der Waals surface area contributed by atoms with Gasteiger partial charge in [-0.05, 0) is 12.1 Å². The fourth-order valence-electron chi connectivity index (χ4n) is 2.30. The van der Waals surface area contributed by atoms with E-state index in [0.717, 1.165) is 24.1 Å². The summed E-state index contributed by atoms with van der Waals surface area (Å²) in [5.74, 6) is -3.33. The molecule has 1 amide bonds. The summed E-state index contributed by atoms with van der Waals surface area (Å²) in [7, 11) is 1.06. The van der Waals surface area contributed by atoms with Gasteiger partial charge in [0.2, 0.25) is 0 Å². The van der Waals surface area contributed by atoms with Crippen LogP contribution in [0, 0.1) is 5.82 Å². The molecule has 0 fully saturated rings. The van der Waals surface area contributed by atoms with E-state index in [4.69, 9.17) is 5.11 Å². The molecule has 0 spiro atoms. The van der Waals surface area contributed by atoms with Crippen LogP contribution in [0.5, 0.6) is 5.75 Å². The second-order valence-corrected chi connectivity index (χ2v) is 5.11. The molecule has 26 heavy (non-hydrogen) atoms. The zero-order chi connectivity index (χ0) is 19.5. The standard InChI is InChI=1S/C15H14F4N2O5/c1-25-14(24)9-7-21(4-5-22)13(23)12(9)20-10-6-8(16)2-3-11(10)26-15(17,18)19/h2-3,6,20,22H,4-5,7H2,1H3. The number of nitrogens with one attached hydrogen (secondary N) is 1. The number of nitrogens with zero attached hydrogens (tertiary/aromatic N) is 1. The van der Waals surface area contributed by atoms with Crippen LogP contribution in [-0.4, -0.2) is 55.1 Å². The highest BCUT2D eigenvalue weighted by Crippen LogP contribution is 2.33. The average molecular weight is 378 g/mol. The maximum absolute atomic E-state index is 13.5. The number of amides is 1. The van der Waals surface area contributed by atoms with Crippen LogP contribution in [0.2, 0.25) is 0 Å². The molecule has 0 bridgehead atoms. The molecule has 2 rings (SSSR count). The number of rotatable bonds is 6. The van der Waals surface area contributed by atoms with Crippen LogP contribution in [0.25, 0.3) is 0 Å². The molecule has 0 saturated heterocycles. The van der Waals surface area contributed by atoms with Crippen LogP contribution in [0.4, 0.5) is 23.2 Å². The number of benzene rings is 1. The Hall–Kier alpha value is -2.82. The number of aliphatic hydroxyl groups is 1. The zero-order valence-electron chi connectivity index (χ0n) is 13.4. The third kappa shape index (κ3) is 4.42. The molecule has 1 aliphatic rings. The third-order valence-corrected chi connectivity index (χ3v) is 3.38. The van der Waals surface area contributed by atoms with Crippen molar-refractivity contribution in [3.63, 3.8) is 0 Å². The number of carbonyl (C=O) groups is 2. The second kappa shape index (κ2) is 7.60. The fraction of sp³-hybridized carbons (Fsp3) is 0.333. The minimum Gasteiger partial charge on any atom is -0.466 e. The molecule has 1 aliphatic heterocycles. The Labute approximate surface area is 144 Å². The smallest absolute Gasteiger partial charge is 0.466 e. The van der Waals surface area contributed by atoms with Crippen molar-refractivity contribution in [3.05, 3.63) is 35.3 Å². The van der Waals surface area contributed by atoms with E-state index in [1.165, 1.54) is 0 Å². The highest BCUT2D eigenvalue weighted by molar-refractivity contribution is 6.08. The predicted molar refractivity (Wildman–Crippen MR) is 79.4 cm³/mol. The molecule has 7 nitrogen and oxygen atoms in total. The summed E-state index contributed by atoms with van der Waals surface area (Å²) in [6.45, 7) is -0.728. The lowest BCUT2D eigenvalue weighted by Gasteiger charge is -2.17. The van der Waals surface area contributed by atoms with E-state index < -0.39 is 42.1 Å². The van der Waals surface area contributed by atoms with Gasteiger partial charge in [-0.2, -0.15) is 0 Å². The van der Waals surface area contributed by atoms with Crippen LogP contribution >= 0.6 is 0 Å². The highest BCUT2D eigenvalue weighted by Gasteiger charge is 2.36. The summed E-state index contributed by atoms with van der Waals surface area (Å²) in [6, 6.07) is 2.16. The van der Waals surface area contributed by atoms with Crippen LogP contribution in [0.15, 0.2) is 29.5 Å². The maximum Gasteiger partial charge on any atom is 0.573 e. The number of β-amino-alcohol motifs (C(OH)–C–C–N with tert-alkyl or cyclic N) is 1. The number of ether oxygens (including phenoxy) is 2. The van der Waals surface area contributed by atoms with Gasteiger partial charge in [-0.15, -0.1) is 13.2 Å². The van der Waals surface area contributed by atoms with Crippen LogP contribution in [0.1, 0.15) is 0 Å². The summed E-state index contributed by atoms with van der Waals surface area (Å²) in [6.07, 6.45) is -5.05. The molecule has 11 heteroatoms.